The maximum atomic E-state index is 6.26. The SMILES string of the molecule is COc1ccsc1C(N)Cc1ncnn1CC(C)C. The van der Waals surface area contributed by atoms with Crippen molar-refractivity contribution in [2.24, 2.45) is 11.7 Å². The molecule has 1 atom stereocenters. The average molecular weight is 280 g/mol. The van der Waals surface area contributed by atoms with Crippen LogP contribution in [0.3, 0.4) is 0 Å². The zero-order chi connectivity index (χ0) is 13.8. The summed E-state index contributed by atoms with van der Waals surface area (Å²) in [6.07, 6.45) is 2.26. The van der Waals surface area contributed by atoms with E-state index in [4.69, 9.17) is 10.5 Å². The van der Waals surface area contributed by atoms with Crippen LogP contribution >= 0.6 is 11.3 Å². The third kappa shape index (κ3) is 3.33. The Morgan fingerprint density at radius 3 is 2.95 bits per heavy atom. The maximum Gasteiger partial charge on any atom is 0.138 e. The van der Waals surface area contributed by atoms with Gasteiger partial charge in [-0.2, -0.15) is 5.10 Å². The summed E-state index contributed by atoms with van der Waals surface area (Å²) in [4.78, 5) is 5.37. The molecule has 0 amide bonds. The zero-order valence-electron chi connectivity index (χ0n) is 11.5. The highest BCUT2D eigenvalue weighted by atomic mass is 32.1. The molecule has 0 radical (unpaired) electrons. The van der Waals surface area contributed by atoms with E-state index < -0.39 is 0 Å². The van der Waals surface area contributed by atoms with E-state index in [0.29, 0.717) is 12.3 Å². The minimum Gasteiger partial charge on any atom is -0.496 e. The number of hydrogen-bond donors (Lipinski definition) is 1. The fourth-order valence-electron chi connectivity index (χ4n) is 1.98. The highest BCUT2D eigenvalue weighted by Crippen LogP contribution is 2.31. The first-order valence-corrected chi connectivity index (χ1v) is 7.23. The summed E-state index contributed by atoms with van der Waals surface area (Å²) >= 11 is 1.62. The molecule has 0 spiro atoms. The van der Waals surface area contributed by atoms with Crippen LogP contribution in [-0.2, 0) is 13.0 Å². The molecule has 2 N–H and O–H groups in total. The molecule has 2 aromatic heterocycles. The Morgan fingerprint density at radius 2 is 2.26 bits per heavy atom. The van der Waals surface area contributed by atoms with Gasteiger partial charge < -0.3 is 10.5 Å². The van der Waals surface area contributed by atoms with E-state index in [-0.39, 0.29) is 6.04 Å². The van der Waals surface area contributed by atoms with Crippen LogP contribution in [0, 0.1) is 5.92 Å². The lowest BCUT2D eigenvalue weighted by molar-refractivity contribution is 0.407. The number of hydrogen-bond acceptors (Lipinski definition) is 5. The molecule has 0 aliphatic heterocycles. The lowest BCUT2D eigenvalue weighted by Gasteiger charge is -2.13. The van der Waals surface area contributed by atoms with Crippen LogP contribution in [0.15, 0.2) is 17.8 Å². The Kier molecular flexibility index (Phi) is 4.55. The molecule has 0 aromatic carbocycles. The molecule has 19 heavy (non-hydrogen) atoms. The summed E-state index contributed by atoms with van der Waals surface area (Å²) < 4.78 is 7.24. The van der Waals surface area contributed by atoms with Crippen LogP contribution in [-0.4, -0.2) is 21.9 Å². The number of aromatic nitrogens is 3. The van der Waals surface area contributed by atoms with Gasteiger partial charge >= 0.3 is 0 Å². The standard InChI is InChI=1S/C13H20N4OS/c1-9(2)7-17-12(15-8-16-17)6-10(14)13-11(18-3)4-5-19-13/h4-5,8-10H,6-7,14H2,1-3H3. The summed E-state index contributed by atoms with van der Waals surface area (Å²) in [7, 11) is 1.67. The predicted octanol–water partition coefficient (Wildman–Crippen LogP) is 2.25. The Morgan fingerprint density at radius 1 is 1.47 bits per heavy atom. The Labute approximate surface area is 117 Å². The highest BCUT2D eigenvalue weighted by molar-refractivity contribution is 7.10. The van der Waals surface area contributed by atoms with Crippen molar-refractivity contribution in [1.82, 2.24) is 14.8 Å². The molecule has 104 valence electrons. The average Bonchev–Trinajstić information content (AvgIpc) is 2.97. The molecule has 0 saturated carbocycles. The molecule has 0 fully saturated rings. The first-order valence-electron chi connectivity index (χ1n) is 6.35. The van der Waals surface area contributed by atoms with Gasteiger partial charge in [0.1, 0.15) is 17.9 Å². The topological polar surface area (TPSA) is 66.0 Å². The molecule has 1 unspecified atom stereocenters. The minimum atomic E-state index is -0.106. The highest BCUT2D eigenvalue weighted by Gasteiger charge is 2.17. The van der Waals surface area contributed by atoms with Crippen molar-refractivity contribution in [2.45, 2.75) is 32.9 Å². The van der Waals surface area contributed by atoms with E-state index in [2.05, 4.69) is 23.9 Å². The van der Waals surface area contributed by atoms with Crippen LogP contribution in [0.5, 0.6) is 5.75 Å². The van der Waals surface area contributed by atoms with Gasteiger partial charge in [-0.05, 0) is 17.4 Å². The Hall–Kier alpha value is -1.40. The molecule has 6 heteroatoms. The minimum absolute atomic E-state index is 0.106. The van der Waals surface area contributed by atoms with Gasteiger partial charge in [0.15, 0.2) is 0 Å². The number of ether oxygens (including phenoxy) is 1. The van der Waals surface area contributed by atoms with Gasteiger partial charge in [0.25, 0.3) is 0 Å². The van der Waals surface area contributed by atoms with Crippen molar-refractivity contribution in [2.75, 3.05) is 7.11 Å². The summed E-state index contributed by atoms with van der Waals surface area (Å²) in [6, 6.07) is 1.84. The molecular formula is C13H20N4OS. The Balaban J connectivity index is 2.11. The van der Waals surface area contributed by atoms with Crippen LogP contribution < -0.4 is 10.5 Å². The van der Waals surface area contributed by atoms with Gasteiger partial charge in [-0.15, -0.1) is 11.3 Å². The quantitative estimate of drug-likeness (QED) is 0.881. The molecule has 0 aliphatic carbocycles. The summed E-state index contributed by atoms with van der Waals surface area (Å²) in [5, 5.41) is 6.25. The largest absolute Gasteiger partial charge is 0.496 e. The van der Waals surface area contributed by atoms with Crippen molar-refractivity contribution >= 4 is 11.3 Å². The fourth-order valence-corrected chi connectivity index (χ4v) is 2.85. The first kappa shape index (κ1) is 14.0. The number of thiophene rings is 1. The van der Waals surface area contributed by atoms with E-state index in [1.165, 1.54) is 0 Å². The van der Waals surface area contributed by atoms with E-state index in [0.717, 1.165) is 23.0 Å². The Bertz CT molecular complexity index is 520. The van der Waals surface area contributed by atoms with Crippen molar-refractivity contribution in [1.29, 1.82) is 0 Å². The molecule has 0 saturated heterocycles. The van der Waals surface area contributed by atoms with E-state index in [1.54, 1.807) is 24.8 Å². The second kappa shape index (κ2) is 6.16. The molecule has 2 rings (SSSR count). The lowest BCUT2D eigenvalue weighted by Crippen LogP contribution is -2.18. The zero-order valence-corrected chi connectivity index (χ0v) is 12.4. The second-order valence-electron chi connectivity index (χ2n) is 4.92. The van der Waals surface area contributed by atoms with Gasteiger partial charge in [0.2, 0.25) is 0 Å². The molecule has 5 nitrogen and oxygen atoms in total. The van der Waals surface area contributed by atoms with E-state index >= 15 is 0 Å². The summed E-state index contributed by atoms with van der Waals surface area (Å²) in [5.74, 6) is 2.32. The van der Waals surface area contributed by atoms with E-state index in [1.807, 2.05) is 16.1 Å². The van der Waals surface area contributed by atoms with Crippen molar-refractivity contribution < 1.29 is 4.74 Å². The molecule has 2 heterocycles. The number of nitrogens with two attached hydrogens (primary N) is 1. The normalized spacial score (nSPS) is 12.9. The lowest BCUT2D eigenvalue weighted by atomic mass is 10.1. The van der Waals surface area contributed by atoms with E-state index in [9.17, 15) is 0 Å². The van der Waals surface area contributed by atoms with Gasteiger partial charge in [-0.1, -0.05) is 13.8 Å². The maximum absolute atomic E-state index is 6.26. The summed E-state index contributed by atoms with van der Waals surface area (Å²) in [5.41, 5.74) is 6.26. The third-order valence-electron chi connectivity index (χ3n) is 2.85. The van der Waals surface area contributed by atoms with Crippen LogP contribution in [0.4, 0.5) is 0 Å². The van der Waals surface area contributed by atoms with Crippen LogP contribution in [0.2, 0.25) is 0 Å². The van der Waals surface area contributed by atoms with Crippen molar-refractivity contribution in [3.8, 4) is 5.75 Å². The van der Waals surface area contributed by atoms with Gasteiger partial charge in [0.05, 0.1) is 12.0 Å². The molecular weight excluding hydrogens is 260 g/mol. The second-order valence-corrected chi connectivity index (χ2v) is 5.86. The van der Waals surface area contributed by atoms with Crippen molar-refractivity contribution in [3.05, 3.63) is 28.5 Å². The first-order chi connectivity index (χ1) is 9.11. The number of nitrogens with zero attached hydrogens (tertiary/aromatic N) is 3. The molecule has 0 bridgehead atoms. The predicted molar refractivity (Wildman–Crippen MR) is 76.4 cm³/mol. The van der Waals surface area contributed by atoms with Gasteiger partial charge in [0, 0.05) is 19.0 Å². The summed E-state index contributed by atoms with van der Waals surface area (Å²) in [6.45, 7) is 5.19. The van der Waals surface area contributed by atoms with Crippen molar-refractivity contribution in [3.63, 3.8) is 0 Å². The number of rotatable bonds is 6. The van der Waals surface area contributed by atoms with Crippen LogP contribution in [0.25, 0.3) is 0 Å². The third-order valence-corrected chi connectivity index (χ3v) is 3.88. The molecule has 2 aromatic rings. The number of methoxy groups -OCH3 is 1. The van der Waals surface area contributed by atoms with Crippen LogP contribution in [0.1, 0.15) is 30.6 Å². The van der Waals surface area contributed by atoms with Gasteiger partial charge in [-0.3, -0.25) is 0 Å². The van der Waals surface area contributed by atoms with Gasteiger partial charge in [-0.25, -0.2) is 9.67 Å². The monoisotopic (exact) mass is 280 g/mol. The smallest absolute Gasteiger partial charge is 0.138 e. The fraction of sp³-hybridized carbons (Fsp3) is 0.538. The molecule has 0 aliphatic rings.